The average Bonchev–Trinajstić information content (AvgIpc) is 3.01. The predicted octanol–water partition coefficient (Wildman–Crippen LogP) is 3.00. The maximum absolute atomic E-state index is 13.1. The van der Waals surface area contributed by atoms with Crippen molar-refractivity contribution in [1.82, 2.24) is 20.0 Å². The van der Waals surface area contributed by atoms with Crippen LogP contribution in [0.4, 0.5) is 4.79 Å². The summed E-state index contributed by atoms with van der Waals surface area (Å²) in [4.78, 5) is 44.2. The predicted molar refractivity (Wildman–Crippen MR) is 123 cm³/mol. The molecule has 0 radical (unpaired) electrons. The third-order valence-corrected chi connectivity index (χ3v) is 7.30. The van der Waals surface area contributed by atoms with Crippen molar-refractivity contribution in [3.8, 4) is 0 Å². The minimum Gasteiger partial charge on any atom is -0.342 e. The number of aryl methyl sites for hydroxylation is 1. The molecule has 0 aromatic heterocycles. The van der Waals surface area contributed by atoms with Crippen LogP contribution >= 0.6 is 0 Å². The van der Waals surface area contributed by atoms with Gasteiger partial charge in [-0.05, 0) is 51.0 Å². The number of hydrogen-bond donors (Lipinski definition) is 1. The number of urea groups is 1. The van der Waals surface area contributed by atoms with E-state index in [9.17, 15) is 14.4 Å². The fourth-order valence-corrected chi connectivity index (χ4v) is 5.15. The number of carbonyl (C=O) groups excluding carboxylic acids is 3. The number of nitrogens with one attached hydrogen (secondary N) is 1. The van der Waals surface area contributed by atoms with Crippen molar-refractivity contribution >= 4 is 17.8 Å². The minimum atomic E-state index is -0.867. The molecule has 7 nitrogen and oxygen atoms in total. The smallest absolute Gasteiger partial charge is 0.326 e. The summed E-state index contributed by atoms with van der Waals surface area (Å²) < 4.78 is 0. The van der Waals surface area contributed by atoms with Crippen molar-refractivity contribution in [2.24, 2.45) is 5.92 Å². The zero-order chi connectivity index (χ0) is 22.6. The van der Waals surface area contributed by atoms with E-state index in [2.05, 4.69) is 15.1 Å². The van der Waals surface area contributed by atoms with E-state index in [0.717, 1.165) is 63.8 Å². The fraction of sp³-hybridized carbons (Fsp3) is 0.640. The molecule has 3 fully saturated rings. The van der Waals surface area contributed by atoms with Crippen LogP contribution in [0.2, 0.25) is 0 Å². The molecule has 3 aliphatic heterocycles. The fourth-order valence-electron chi connectivity index (χ4n) is 5.15. The van der Waals surface area contributed by atoms with Gasteiger partial charge in [-0.2, -0.15) is 0 Å². The van der Waals surface area contributed by atoms with Gasteiger partial charge in [-0.3, -0.25) is 14.5 Å². The molecule has 0 saturated carbocycles. The number of benzene rings is 1. The maximum Gasteiger partial charge on any atom is 0.326 e. The lowest BCUT2D eigenvalue weighted by atomic mass is 9.93. The first kappa shape index (κ1) is 22.8. The van der Waals surface area contributed by atoms with Crippen molar-refractivity contribution in [2.75, 3.05) is 32.8 Å². The summed E-state index contributed by atoms with van der Waals surface area (Å²) in [5.74, 6) is 0.222. The van der Waals surface area contributed by atoms with Crippen LogP contribution in [-0.2, 0) is 16.0 Å². The summed E-state index contributed by atoms with van der Waals surface area (Å²) in [5, 5.41) is 2.92. The van der Waals surface area contributed by atoms with Gasteiger partial charge >= 0.3 is 6.03 Å². The van der Waals surface area contributed by atoms with Gasteiger partial charge < -0.3 is 10.2 Å². The molecular formula is C25H36N4O3. The monoisotopic (exact) mass is 440 g/mol. The average molecular weight is 441 g/mol. The van der Waals surface area contributed by atoms with Gasteiger partial charge in [0, 0.05) is 32.1 Å². The van der Waals surface area contributed by atoms with E-state index in [1.54, 1.807) is 0 Å². The molecule has 0 spiro atoms. The van der Waals surface area contributed by atoms with Crippen LogP contribution in [0.5, 0.6) is 0 Å². The number of likely N-dealkylation sites (tertiary alicyclic amines) is 2. The second-order valence-corrected chi connectivity index (χ2v) is 9.75. The number of hydrogen-bond acceptors (Lipinski definition) is 4. The van der Waals surface area contributed by atoms with Crippen LogP contribution in [0.25, 0.3) is 0 Å². The molecule has 3 heterocycles. The largest absolute Gasteiger partial charge is 0.342 e. The lowest BCUT2D eigenvalue weighted by Crippen LogP contribution is -2.48. The zero-order valence-corrected chi connectivity index (χ0v) is 19.2. The van der Waals surface area contributed by atoms with Gasteiger partial charge in [-0.15, -0.1) is 0 Å². The molecule has 0 bridgehead atoms. The first-order chi connectivity index (χ1) is 15.5. The van der Waals surface area contributed by atoms with Gasteiger partial charge in [-0.1, -0.05) is 43.2 Å². The van der Waals surface area contributed by atoms with Crippen molar-refractivity contribution < 1.29 is 14.4 Å². The van der Waals surface area contributed by atoms with Crippen LogP contribution < -0.4 is 5.32 Å². The molecule has 7 heteroatoms. The topological polar surface area (TPSA) is 73.0 Å². The summed E-state index contributed by atoms with van der Waals surface area (Å²) in [6.45, 7) is 5.38. The SMILES string of the molecule is CC1(CCc2ccccc2)NC(=O)N(CN2CCC(C(=O)N3CCCCCC3)CC2)C1=O. The van der Waals surface area contributed by atoms with Gasteiger partial charge in [0.05, 0.1) is 6.67 Å². The Labute approximate surface area is 191 Å². The molecule has 4 amide bonds. The molecule has 1 unspecified atom stereocenters. The summed E-state index contributed by atoms with van der Waals surface area (Å²) in [5.41, 5.74) is 0.291. The Morgan fingerprint density at radius 3 is 2.31 bits per heavy atom. The van der Waals surface area contributed by atoms with E-state index in [1.807, 2.05) is 37.3 Å². The first-order valence-corrected chi connectivity index (χ1v) is 12.2. The Balaban J connectivity index is 1.27. The molecule has 32 heavy (non-hydrogen) atoms. The number of nitrogens with zero attached hydrogens (tertiary/aromatic N) is 3. The second kappa shape index (κ2) is 10.0. The third-order valence-electron chi connectivity index (χ3n) is 7.30. The van der Waals surface area contributed by atoms with Crippen LogP contribution in [0, 0.1) is 5.92 Å². The number of rotatable bonds is 6. The highest BCUT2D eigenvalue weighted by Gasteiger charge is 2.47. The standard InChI is InChI=1S/C25H36N4O3/c1-25(14-11-20-9-5-4-6-10-20)23(31)29(24(32)26-25)19-27-17-12-21(13-18-27)22(30)28-15-7-2-3-8-16-28/h4-6,9-10,21H,2-3,7-8,11-19H2,1H3,(H,26,32). The normalized spacial score (nSPS) is 25.7. The van der Waals surface area contributed by atoms with Crippen molar-refractivity contribution in [3.05, 3.63) is 35.9 Å². The van der Waals surface area contributed by atoms with Crippen molar-refractivity contribution in [2.45, 2.75) is 63.8 Å². The Morgan fingerprint density at radius 2 is 1.66 bits per heavy atom. The summed E-state index contributed by atoms with van der Waals surface area (Å²) in [7, 11) is 0. The van der Waals surface area contributed by atoms with Gasteiger partial charge in [0.15, 0.2) is 0 Å². The molecule has 1 atom stereocenters. The van der Waals surface area contributed by atoms with Crippen LogP contribution in [0.3, 0.4) is 0 Å². The van der Waals surface area contributed by atoms with Crippen molar-refractivity contribution in [1.29, 1.82) is 0 Å². The zero-order valence-electron chi connectivity index (χ0n) is 19.2. The van der Waals surface area contributed by atoms with Crippen LogP contribution in [-0.4, -0.2) is 70.9 Å². The van der Waals surface area contributed by atoms with E-state index in [1.165, 1.54) is 17.7 Å². The van der Waals surface area contributed by atoms with Gasteiger partial charge in [0.1, 0.15) is 5.54 Å². The Bertz CT molecular complexity index is 814. The van der Waals surface area contributed by atoms with Gasteiger partial charge in [0.2, 0.25) is 5.91 Å². The molecule has 1 N–H and O–H groups in total. The highest BCUT2D eigenvalue weighted by atomic mass is 16.2. The molecule has 4 rings (SSSR count). The third kappa shape index (κ3) is 5.14. The van der Waals surface area contributed by atoms with Crippen molar-refractivity contribution in [3.63, 3.8) is 0 Å². The molecule has 3 saturated heterocycles. The lowest BCUT2D eigenvalue weighted by molar-refractivity contribution is -0.138. The molecular weight excluding hydrogens is 404 g/mol. The number of amides is 4. The number of imide groups is 1. The molecule has 0 aliphatic carbocycles. The van der Waals surface area contributed by atoms with E-state index >= 15 is 0 Å². The minimum absolute atomic E-state index is 0.0728. The van der Waals surface area contributed by atoms with E-state index in [-0.39, 0.29) is 17.9 Å². The maximum atomic E-state index is 13.1. The van der Waals surface area contributed by atoms with Gasteiger partial charge in [-0.25, -0.2) is 9.69 Å². The highest BCUT2D eigenvalue weighted by Crippen LogP contribution is 2.26. The Hall–Kier alpha value is -2.41. The van der Waals surface area contributed by atoms with Crippen LogP contribution in [0.1, 0.15) is 57.4 Å². The molecule has 3 aliphatic rings. The highest BCUT2D eigenvalue weighted by molar-refractivity contribution is 6.06. The van der Waals surface area contributed by atoms with Gasteiger partial charge in [0.25, 0.3) is 5.91 Å². The first-order valence-electron chi connectivity index (χ1n) is 12.2. The quantitative estimate of drug-likeness (QED) is 0.690. The van der Waals surface area contributed by atoms with Crippen LogP contribution in [0.15, 0.2) is 30.3 Å². The molecule has 1 aromatic carbocycles. The van der Waals surface area contributed by atoms with E-state index in [0.29, 0.717) is 19.0 Å². The number of piperidine rings is 1. The Morgan fingerprint density at radius 1 is 1.00 bits per heavy atom. The molecule has 174 valence electrons. The second-order valence-electron chi connectivity index (χ2n) is 9.75. The molecule has 1 aromatic rings. The van der Waals surface area contributed by atoms with E-state index < -0.39 is 5.54 Å². The van der Waals surface area contributed by atoms with E-state index in [4.69, 9.17) is 0 Å². The Kier molecular flexibility index (Phi) is 7.13. The summed E-state index contributed by atoms with van der Waals surface area (Å²) in [6.07, 6.45) is 7.57. The summed E-state index contributed by atoms with van der Waals surface area (Å²) in [6, 6.07) is 9.72. The number of carbonyl (C=O) groups is 3. The lowest BCUT2D eigenvalue weighted by Gasteiger charge is -2.35. The summed E-state index contributed by atoms with van der Waals surface area (Å²) >= 11 is 0.